The van der Waals surface area contributed by atoms with Gasteiger partial charge in [0, 0.05) is 23.9 Å². The van der Waals surface area contributed by atoms with E-state index in [0.29, 0.717) is 16.8 Å². The van der Waals surface area contributed by atoms with Crippen LogP contribution in [0.15, 0.2) is 47.5 Å². The van der Waals surface area contributed by atoms with Gasteiger partial charge in [0.2, 0.25) is 0 Å². The summed E-state index contributed by atoms with van der Waals surface area (Å²) in [6.45, 7) is 1.61. The maximum absolute atomic E-state index is 10.8. The molecule has 0 fully saturated rings. The van der Waals surface area contributed by atoms with E-state index < -0.39 is 22.0 Å². The van der Waals surface area contributed by atoms with Crippen LogP contribution in [0.25, 0.3) is 0 Å². The summed E-state index contributed by atoms with van der Waals surface area (Å²) in [5, 5.41) is 20.6. The van der Waals surface area contributed by atoms with Crippen molar-refractivity contribution in [1.29, 1.82) is 0 Å². The standard InChI is InChI=1S/C14H12N2O3.2ClH.Ti/c1-10-7-13(16(18)19)8-11(14(10)17)9-15-12-5-3-2-4-6-12;;;/h2-9,17H,1H3;2*1H;/q;;;+2/p-2. The number of phenols is 1. The van der Waals surface area contributed by atoms with Gasteiger partial charge in [-0.25, -0.2) is 0 Å². The Labute approximate surface area is 144 Å². The fourth-order valence-corrected chi connectivity index (χ4v) is 1.65. The molecule has 0 spiro atoms. The molecule has 0 saturated heterocycles. The predicted octanol–water partition coefficient (Wildman–Crippen LogP) is 4.74. The number of aliphatic imine (C=N–C) groups is 1. The van der Waals surface area contributed by atoms with E-state index in [1.54, 1.807) is 19.1 Å². The molecule has 0 aromatic heterocycles. The van der Waals surface area contributed by atoms with E-state index >= 15 is 0 Å². The van der Waals surface area contributed by atoms with Crippen molar-refractivity contribution in [3.05, 3.63) is 63.7 Å². The summed E-state index contributed by atoms with van der Waals surface area (Å²) in [7, 11) is 9.78. The molecule has 0 radical (unpaired) electrons. The second kappa shape index (κ2) is 9.59. The zero-order valence-corrected chi connectivity index (χ0v) is 14.6. The number of nitro groups is 1. The minimum atomic E-state index is -0.556. The van der Waals surface area contributed by atoms with Gasteiger partial charge in [-0.3, -0.25) is 15.1 Å². The fraction of sp³-hybridized carbons (Fsp3) is 0.0714. The number of para-hydroxylation sites is 1. The molecule has 0 aliphatic rings. The van der Waals surface area contributed by atoms with Crippen molar-refractivity contribution in [3.8, 4) is 5.75 Å². The number of phenolic OH excluding ortho intramolecular Hbond substituents is 1. The number of aromatic hydroxyl groups is 1. The number of hydrogen-bond acceptors (Lipinski definition) is 4. The second-order valence-electron chi connectivity index (χ2n) is 4.12. The van der Waals surface area contributed by atoms with Crippen LogP contribution in [-0.4, -0.2) is 16.2 Å². The van der Waals surface area contributed by atoms with Crippen LogP contribution >= 0.6 is 18.6 Å². The van der Waals surface area contributed by atoms with Crippen molar-refractivity contribution in [2.75, 3.05) is 0 Å². The number of aryl methyl sites for hydroxylation is 1. The molecule has 2 rings (SSSR count). The van der Waals surface area contributed by atoms with Gasteiger partial charge in [0.05, 0.1) is 10.6 Å². The topological polar surface area (TPSA) is 75.7 Å². The molecular formula is C14H12Cl2N2O3Ti. The van der Waals surface area contributed by atoms with Crippen molar-refractivity contribution < 1.29 is 27.1 Å². The Bertz CT molecular complexity index is 667. The average Bonchev–Trinajstić information content (AvgIpc) is 2.50. The molecule has 8 heteroatoms. The van der Waals surface area contributed by atoms with Crippen molar-refractivity contribution in [2.45, 2.75) is 6.92 Å². The van der Waals surface area contributed by atoms with Gasteiger partial charge >= 0.3 is 35.6 Å². The number of nitro benzene ring substituents is 1. The van der Waals surface area contributed by atoms with Crippen LogP contribution in [0.4, 0.5) is 11.4 Å². The normalized spacial score (nSPS) is 9.95. The minimum absolute atomic E-state index is 0.00489. The molecule has 2 aromatic carbocycles. The summed E-state index contributed by atoms with van der Waals surface area (Å²) < 4.78 is 0. The Morgan fingerprint density at radius 2 is 1.86 bits per heavy atom. The Morgan fingerprint density at radius 3 is 2.41 bits per heavy atom. The Hall–Kier alpha value is -1.40. The van der Waals surface area contributed by atoms with Crippen LogP contribution in [0, 0.1) is 17.0 Å². The third kappa shape index (κ3) is 5.77. The number of nitrogens with zero attached hydrogens (tertiary/aromatic N) is 2. The van der Waals surface area contributed by atoms with Gasteiger partial charge in [-0.05, 0) is 24.6 Å². The van der Waals surface area contributed by atoms with Gasteiger partial charge < -0.3 is 5.11 Å². The molecule has 0 heterocycles. The monoisotopic (exact) mass is 374 g/mol. The van der Waals surface area contributed by atoms with E-state index in [9.17, 15) is 15.2 Å². The Kier molecular flexibility index (Phi) is 8.13. The number of non-ortho nitro benzene ring substituents is 1. The summed E-state index contributed by atoms with van der Waals surface area (Å²) in [5.41, 5.74) is 1.43. The molecule has 22 heavy (non-hydrogen) atoms. The zero-order valence-electron chi connectivity index (χ0n) is 11.5. The first-order valence-electron chi connectivity index (χ1n) is 6.03. The third-order valence-electron chi connectivity index (χ3n) is 2.63. The quantitative estimate of drug-likeness (QED) is 0.365. The molecule has 0 amide bonds. The van der Waals surface area contributed by atoms with E-state index in [0.717, 1.165) is 0 Å². The van der Waals surface area contributed by atoms with Crippen molar-refractivity contribution >= 4 is 36.2 Å². The zero-order chi connectivity index (χ0) is 16.5. The number of benzene rings is 2. The van der Waals surface area contributed by atoms with Gasteiger partial charge in [-0.15, -0.1) is 0 Å². The summed E-state index contributed by atoms with van der Waals surface area (Å²) in [5.74, 6) is 0.00489. The van der Waals surface area contributed by atoms with Crippen molar-refractivity contribution in [3.63, 3.8) is 0 Å². The van der Waals surface area contributed by atoms with E-state index in [1.807, 2.05) is 18.2 Å². The summed E-state index contributed by atoms with van der Waals surface area (Å²) >= 11 is -0.556. The van der Waals surface area contributed by atoms with Crippen molar-refractivity contribution in [1.82, 2.24) is 0 Å². The maximum atomic E-state index is 10.8. The predicted molar refractivity (Wildman–Crippen MR) is 84.9 cm³/mol. The molecule has 0 unspecified atom stereocenters. The number of rotatable bonds is 3. The van der Waals surface area contributed by atoms with Crippen molar-refractivity contribution in [2.24, 2.45) is 4.99 Å². The molecule has 0 bridgehead atoms. The summed E-state index contributed by atoms with van der Waals surface area (Å²) in [6.07, 6.45) is 1.42. The average molecular weight is 375 g/mol. The van der Waals surface area contributed by atoms with E-state index in [1.165, 1.54) is 18.3 Å². The fourth-order valence-electron chi connectivity index (χ4n) is 1.65. The first kappa shape index (κ1) is 18.7. The van der Waals surface area contributed by atoms with Gasteiger partial charge in [-0.2, -0.15) is 0 Å². The summed E-state index contributed by atoms with van der Waals surface area (Å²) in [6, 6.07) is 11.8. The Morgan fingerprint density at radius 1 is 1.27 bits per heavy atom. The first-order valence-corrected chi connectivity index (χ1v) is 10.3. The molecule has 0 atom stereocenters. The van der Waals surface area contributed by atoms with E-state index in [-0.39, 0.29) is 11.4 Å². The van der Waals surface area contributed by atoms with E-state index in [4.69, 9.17) is 18.6 Å². The van der Waals surface area contributed by atoms with Crippen LogP contribution in [0.1, 0.15) is 11.1 Å². The summed E-state index contributed by atoms with van der Waals surface area (Å²) in [4.78, 5) is 14.4. The van der Waals surface area contributed by atoms with Crippen LogP contribution in [-0.2, 0) is 17.0 Å². The second-order valence-corrected chi connectivity index (χ2v) is 6.70. The molecule has 0 aliphatic heterocycles. The number of hydrogen-bond donors (Lipinski definition) is 1. The molecule has 0 saturated carbocycles. The molecule has 2 aromatic rings. The van der Waals surface area contributed by atoms with Gasteiger partial charge in [-0.1, -0.05) is 18.2 Å². The van der Waals surface area contributed by atoms with Gasteiger partial charge in [0.25, 0.3) is 5.69 Å². The van der Waals surface area contributed by atoms with Crippen LogP contribution < -0.4 is 0 Å². The van der Waals surface area contributed by atoms with Gasteiger partial charge in [0.1, 0.15) is 5.75 Å². The SMILES string of the molecule is Cc1cc([N+](=O)[O-])cc(C=Nc2ccccc2)c1O.[Cl][Ti][Cl]. The van der Waals surface area contributed by atoms with Crippen LogP contribution in [0.2, 0.25) is 0 Å². The first-order chi connectivity index (χ1) is 10.5. The molecule has 0 aliphatic carbocycles. The van der Waals surface area contributed by atoms with Crippen LogP contribution in [0.5, 0.6) is 5.75 Å². The molecule has 114 valence electrons. The molecule has 5 nitrogen and oxygen atoms in total. The molecule has 1 N–H and O–H groups in total. The Balaban J connectivity index is 0.000000745. The third-order valence-corrected chi connectivity index (χ3v) is 2.63. The number of halogens is 2. The van der Waals surface area contributed by atoms with Gasteiger partial charge in [0.15, 0.2) is 0 Å². The molecular weight excluding hydrogens is 363 g/mol. The van der Waals surface area contributed by atoms with E-state index in [2.05, 4.69) is 4.99 Å². The van der Waals surface area contributed by atoms with Crippen LogP contribution in [0.3, 0.4) is 0 Å².